The van der Waals surface area contributed by atoms with Crippen molar-refractivity contribution in [2.45, 2.75) is 6.42 Å². The molecule has 0 aromatic carbocycles. The highest BCUT2D eigenvalue weighted by molar-refractivity contribution is 5.91. The van der Waals surface area contributed by atoms with Crippen LogP contribution in [-0.2, 0) is 4.74 Å². The molecule has 0 aliphatic heterocycles. The van der Waals surface area contributed by atoms with Crippen molar-refractivity contribution in [1.82, 2.24) is 4.98 Å². The van der Waals surface area contributed by atoms with Crippen LogP contribution in [0, 0.1) is 0 Å². The van der Waals surface area contributed by atoms with Gasteiger partial charge in [0.05, 0.1) is 5.69 Å². The Balaban J connectivity index is 2.80. The minimum atomic E-state index is -0.559. The van der Waals surface area contributed by atoms with Gasteiger partial charge in [0, 0.05) is 27.3 Å². The van der Waals surface area contributed by atoms with E-state index in [2.05, 4.69) is 4.98 Å². The maximum Gasteiger partial charge on any atom is 0.267 e. The molecule has 1 amide bonds. The van der Waals surface area contributed by atoms with E-state index in [1.54, 1.807) is 13.2 Å². The number of rotatable bonds is 6. The van der Waals surface area contributed by atoms with Gasteiger partial charge >= 0.3 is 0 Å². The maximum atomic E-state index is 11.0. The number of ether oxygens (including phenoxy) is 1. The second kappa shape index (κ2) is 6.05. The van der Waals surface area contributed by atoms with Crippen molar-refractivity contribution in [3.8, 4) is 0 Å². The molecular weight excluding hydrogens is 220 g/mol. The summed E-state index contributed by atoms with van der Waals surface area (Å²) < 4.78 is 4.97. The van der Waals surface area contributed by atoms with E-state index in [4.69, 9.17) is 16.2 Å². The maximum absolute atomic E-state index is 11.0. The first-order chi connectivity index (χ1) is 8.06. The first kappa shape index (κ1) is 13.2. The van der Waals surface area contributed by atoms with Crippen LogP contribution in [0.5, 0.6) is 0 Å². The fourth-order valence-corrected chi connectivity index (χ4v) is 1.45. The van der Waals surface area contributed by atoms with Crippen molar-refractivity contribution >= 4 is 17.4 Å². The molecule has 0 radical (unpaired) electrons. The van der Waals surface area contributed by atoms with Gasteiger partial charge in [-0.1, -0.05) is 0 Å². The van der Waals surface area contributed by atoms with Gasteiger partial charge in [-0.3, -0.25) is 4.79 Å². The fourth-order valence-electron chi connectivity index (χ4n) is 1.45. The first-order valence-electron chi connectivity index (χ1n) is 5.32. The van der Waals surface area contributed by atoms with Crippen molar-refractivity contribution < 1.29 is 9.53 Å². The van der Waals surface area contributed by atoms with E-state index in [-0.39, 0.29) is 5.69 Å². The Hall–Kier alpha value is -1.82. The SMILES string of the molecule is COCCCN(C)c1nc(C(N)=O)ccc1N. The Morgan fingerprint density at radius 1 is 1.53 bits per heavy atom. The van der Waals surface area contributed by atoms with E-state index < -0.39 is 5.91 Å². The average molecular weight is 238 g/mol. The number of hydrogen-bond donors (Lipinski definition) is 2. The van der Waals surface area contributed by atoms with Crippen molar-refractivity contribution in [2.75, 3.05) is 37.9 Å². The van der Waals surface area contributed by atoms with Crippen LogP contribution in [0.1, 0.15) is 16.9 Å². The van der Waals surface area contributed by atoms with Crippen LogP contribution >= 0.6 is 0 Å². The molecule has 0 saturated heterocycles. The molecule has 0 aliphatic carbocycles. The van der Waals surface area contributed by atoms with Gasteiger partial charge < -0.3 is 21.1 Å². The molecule has 4 N–H and O–H groups in total. The Labute approximate surface area is 101 Å². The standard InChI is InChI=1S/C11H18N4O2/c1-15(6-3-7-17-2)11-8(12)4-5-9(14-11)10(13)16/h4-5H,3,6-7,12H2,1-2H3,(H2,13,16). The van der Waals surface area contributed by atoms with Crippen LogP contribution in [0.2, 0.25) is 0 Å². The normalized spacial score (nSPS) is 10.2. The number of carbonyl (C=O) groups is 1. The molecule has 6 heteroatoms. The summed E-state index contributed by atoms with van der Waals surface area (Å²) in [5, 5.41) is 0. The van der Waals surface area contributed by atoms with Crippen molar-refractivity contribution in [1.29, 1.82) is 0 Å². The third kappa shape index (κ3) is 3.60. The van der Waals surface area contributed by atoms with Gasteiger partial charge in [-0.25, -0.2) is 4.98 Å². The lowest BCUT2D eigenvalue weighted by Crippen LogP contribution is -2.24. The van der Waals surface area contributed by atoms with Gasteiger partial charge in [0.25, 0.3) is 5.91 Å². The molecule has 1 aromatic heterocycles. The zero-order valence-corrected chi connectivity index (χ0v) is 10.1. The van der Waals surface area contributed by atoms with Crippen molar-refractivity contribution in [3.05, 3.63) is 17.8 Å². The number of aromatic nitrogens is 1. The third-order valence-corrected chi connectivity index (χ3v) is 2.36. The summed E-state index contributed by atoms with van der Waals surface area (Å²) in [6.07, 6.45) is 0.856. The highest BCUT2D eigenvalue weighted by atomic mass is 16.5. The number of nitrogens with two attached hydrogens (primary N) is 2. The van der Waals surface area contributed by atoms with E-state index >= 15 is 0 Å². The molecule has 94 valence electrons. The predicted molar refractivity (Wildman–Crippen MR) is 66.9 cm³/mol. The third-order valence-electron chi connectivity index (χ3n) is 2.36. The van der Waals surface area contributed by atoms with Gasteiger partial charge in [-0.15, -0.1) is 0 Å². The minimum absolute atomic E-state index is 0.216. The number of hydrogen-bond acceptors (Lipinski definition) is 5. The lowest BCUT2D eigenvalue weighted by Gasteiger charge is -2.19. The molecule has 1 heterocycles. The summed E-state index contributed by atoms with van der Waals surface area (Å²) in [7, 11) is 3.51. The molecule has 0 unspecified atom stereocenters. The first-order valence-corrected chi connectivity index (χ1v) is 5.32. The Morgan fingerprint density at radius 2 is 2.24 bits per heavy atom. The summed E-state index contributed by atoms with van der Waals surface area (Å²) in [4.78, 5) is 17.0. The number of anilines is 2. The van der Waals surface area contributed by atoms with Gasteiger partial charge in [0.1, 0.15) is 5.69 Å². The molecule has 0 spiro atoms. The molecule has 0 atom stereocenters. The van der Waals surface area contributed by atoms with Gasteiger partial charge in [-0.2, -0.15) is 0 Å². The van der Waals surface area contributed by atoms with Crippen LogP contribution < -0.4 is 16.4 Å². The van der Waals surface area contributed by atoms with Crippen LogP contribution in [0.25, 0.3) is 0 Å². The molecule has 0 aliphatic rings. The topological polar surface area (TPSA) is 94.5 Å². The number of methoxy groups -OCH3 is 1. The van der Waals surface area contributed by atoms with Gasteiger partial charge in [0.2, 0.25) is 0 Å². The highest BCUT2D eigenvalue weighted by Crippen LogP contribution is 2.19. The minimum Gasteiger partial charge on any atom is -0.396 e. The smallest absolute Gasteiger partial charge is 0.267 e. The van der Waals surface area contributed by atoms with E-state index in [1.807, 2.05) is 11.9 Å². The summed E-state index contributed by atoms with van der Waals surface area (Å²) in [5.74, 6) is 0.00828. The van der Waals surface area contributed by atoms with Crippen LogP contribution in [0.15, 0.2) is 12.1 Å². The van der Waals surface area contributed by atoms with Gasteiger partial charge in [0.15, 0.2) is 5.82 Å². The summed E-state index contributed by atoms with van der Waals surface area (Å²) >= 11 is 0. The van der Waals surface area contributed by atoms with E-state index in [9.17, 15) is 4.79 Å². The Morgan fingerprint density at radius 3 is 2.82 bits per heavy atom. The second-order valence-corrected chi connectivity index (χ2v) is 3.74. The molecule has 1 rings (SSSR count). The van der Waals surface area contributed by atoms with E-state index in [1.165, 1.54) is 6.07 Å². The number of amides is 1. The average Bonchev–Trinajstić information content (AvgIpc) is 2.29. The molecule has 6 nitrogen and oxygen atoms in total. The zero-order valence-electron chi connectivity index (χ0n) is 10.1. The monoisotopic (exact) mass is 238 g/mol. The van der Waals surface area contributed by atoms with Gasteiger partial charge in [-0.05, 0) is 18.6 Å². The number of primary amides is 1. The van der Waals surface area contributed by atoms with Crippen molar-refractivity contribution in [2.24, 2.45) is 5.73 Å². The quantitative estimate of drug-likeness (QED) is 0.692. The zero-order chi connectivity index (χ0) is 12.8. The van der Waals surface area contributed by atoms with Crippen LogP contribution in [0.3, 0.4) is 0 Å². The molecule has 1 aromatic rings. The summed E-state index contributed by atoms with van der Waals surface area (Å²) in [6.45, 7) is 1.41. The largest absolute Gasteiger partial charge is 0.396 e. The summed E-state index contributed by atoms with van der Waals surface area (Å²) in [6, 6.07) is 3.15. The molecule has 0 fully saturated rings. The number of pyridine rings is 1. The Kier molecular flexibility index (Phi) is 4.71. The van der Waals surface area contributed by atoms with E-state index in [0.29, 0.717) is 18.1 Å². The highest BCUT2D eigenvalue weighted by Gasteiger charge is 2.10. The summed E-state index contributed by atoms with van der Waals surface area (Å²) in [5.41, 5.74) is 11.7. The number of carbonyl (C=O) groups excluding carboxylic acids is 1. The molecule has 0 saturated carbocycles. The van der Waals surface area contributed by atoms with Crippen molar-refractivity contribution in [3.63, 3.8) is 0 Å². The van der Waals surface area contributed by atoms with Crippen LogP contribution in [0.4, 0.5) is 11.5 Å². The lowest BCUT2D eigenvalue weighted by molar-refractivity contribution is 0.0995. The van der Waals surface area contributed by atoms with Crippen LogP contribution in [-0.4, -0.2) is 38.2 Å². The second-order valence-electron chi connectivity index (χ2n) is 3.74. The number of nitrogens with zero attached hydrogens (tertiary/aromatic N) is 2. The molecule has 0 bridgehead atoms. The number of nitrogen functional groups attached to an aromatic ring is 1. The molecule has 17 heavy (non-hydrogen) atoms. The Bertz CT molecular complexity index is 395. The lowest BCUT2D eigenvalue weighted by atomic mass is 10.3. The molecular formula is C11H18N4O2. The fraction of sp³-hybridized carbons (Fsp3) is 0.455. The predicted octanol–water partition coefficient (Wildman–Crippen LogP) is 0.235. The van der Waals surface area contributed by atoms with E-state index in [0.717, 1.165) is 13.0 Å².